The number of nitrogens with one attached hydrogen (secondary N) is 2. The summed E-state index contributed by atoms with van der Waals surface area (Å²) in [5.41, 5.74) is 4.22. The molecule has 9 nitrogen and oxygen atoms in total. The Morgan fingerprint density at radius 2 is 2.22 bits per heavy atom. The number of fused-ring (bicyclic) bond motifs is 1. The molecule has 0 saturated carbocycles. The molecule has 0 saturated heterocycles. The molecule has 0 spiro atoms. The molecule has 0 fully saturated rings. The number of amides is 1. The first-order valence-corrected chi connectivity index (χ1v) is 7.48. The van der Waals surface area contributed by atoms with Crippen LogP contribution in [0, 0.1) is 0 Å². The van der Waals surface area contributed by atoms with Gasteiger partial charge >= 0.3 is 6.09 Å². The second-order valence-electron chi connectivity index (χ2n) is 6.42. The molecule has 2 atom stereocenters. The van der Waals surface area contributed by atoms with Crippen molar-refractivity contribution in [3.8, 4) is 0 Å². The summed E-state index contributed by atoms with van der Waals surface area (Å²) in [7, 11) is 0. The van der Waals surface area contributed by atoms with Gasteiger partial charge in [-0.25, -0.2) is 4.79 Å². The average molecular weight is 325 g/mol. The summed E-state index contributed by atoms with van der Waals surface area (Å²) < 4.78 is 5.38. The predicted octanol–water partition coefficient (Wildman–Crippen LogP) is 0.659. The second kappa shape index (κ2) is 6.07. The SMILES string of the molecule is CCC(O)C1CNc2nc(N)[nH]c(=O)c2N1C(=O)OC(C)(C)C. The normalized spacial score (nSPS) is 18.8. The second-order valence-corrected chi connectivity index (χ2v) is 6.42. The van der Waals surface area contributed by atoms with Crippen molar-refractivity contribution in [2.24, 2.45) is 0 Å². The van der Waals surface area contributed by atoms with Gasteiger partial charge in [-0.1, -0.05) is 6.92 Å². The third kappa shape index (κ3) is 3.55. The molecule has 0 bridgehead atoms. The first kappa shape index (κ1) is 17.1. The molecule has 1 aromatic heterocycles. The molecule has 1 aliphatic heterocycles. The molecule has 5 N–H and O–H groups in total. The lowest BCUT2D eigenvalue weighted by Crippen LogP contribution is -2.56. The quantitative estimate of drug-likeness (QED) is 0.627. The Balaban J connectivity index is 2.52. The number of nitrogens with two attached hydrogens (primary N) is 1. The van der Waals surface area contributed by atoms with E-state index in [2.05, 4.69) is 15.3 Å². The Morgan fingerprint density at radius 1 is 1.57 bits per heavy atom. The minimum atomic E-state index is -0.819. The van der Waals surface area contributed by atoms with Crippen LogP contribution in [0.4, 0.5) is 22.2 Å². The van der Waals surface area contributed by atoms with Crippen molar-refractivity contribution in [2.75, 3.05) is 22.5 Å². The van der Waals surface area contributed by atoms with E-state index in [4.69, 9.17) is 10.5 Å². The summed E-state index contributed by atoms with van der Waals surface area (Å²) in [6.45, 7) is 7.20. The molecule has 1 aromatic rings. The zero-order chi connectivity index (χ0) is 17.4. The fourth-order valence-corrected chi connectivity index (χ4v) is 2.41. The third-order valence-electron chi connectivity index (χ3n) is 3.42. The van der Waals surface area contributed by atoms with Gasteiger partial charge in [0.2, 0.25) is 5.95 Å². The minimum Gasteiger partial charge on any atom is -0.443 e. The molecule has 1 amide bonds. The molecule has 0 aliphatic carbocycles. The highest BCUT2D eigenvalue weighted by Gasteiger charge is 2.39. The van der Waals surface area contributed by atoms with Crippen molar-refractivity contribution in [1.82, 2.24) is 9.97 Å². The van der Waals surface area contributed by atoms with E-state index < -0.39 is 29.4 Å². The van der Waals surface area contributed by atoms with Crippen LogP contribution in [0.5, 0.6) is 0 Å². The number of nitrogen functional groups attached to an aromatic ring is 1. The van der Waals surface area contributed by atoms with E-state index >= 15 is 0 Å². The molecule has 23 heavy (non-hydrogen) atoms. The van der Waals surface area contributed by atoms with E-state index in [-0.39, 0.29) is 24.0 Å². The van der Waals surface area contributed by atoms with Crippen LogP contribution < -0.4 is 21.5 Å². The number of carbonyl (C=O) groups excluding carboxylic acids is 1. The highest BCUT2D eigenvalue weighted by atomic mass is 16.6. The lowest BCUT2D eigenvalue weighted by atomic mass is 10.0. The standard InChI is InChI=1S/C14H23N5O4/c1-5-8(20)7-6-16-10-9(11(21)18-12(15)17-10)19(7)13(22)23-14(2,3)4/h7-8,20H,5-6H2,1-4H3,(H4,15,16,17,18,21). The van der Waals surface area contributed by atoms with Crippen LogP contribution in [0.1, 0.15) is 34.1 Å². The number of aliphatic hydroxyl groups is 1. The molecule has 2 heterocycles. The maximum Gasteiger partial charge on any atom is 0.415 e. The first-order valence-electron chi connectivity index (χ1n) is 7.48. The van der Waals surface area contributed by atoms with Crippen LogP contribution in [0.3, 0.4) is 0 Å². The van der Waals surface area contributed by atoms with Gasteiger partial charge in [-0.3, -0.25) is 14.7 Å². The van der Waals surface area contributed by atoms with Crippen LogP contribution in [-0.4, -0.2) is 45.5 Å². The number of anilines is 3. The van der Waals surface area contributed by atoms with Crippen molar-refractivity contribution < 1.29 is 14.6 Å². The van der Waals surface area contributed by atoms with Gasteiger partial charge in [0.25, 0.3) is 5.56 Å². The predicted molar refractivity (Wildman–Crippen MR) is 86.6 cm³/mol. The smallest absolute Gasteiger partial charge is 0.415 e. The number of aromatic amines is 1. The van der Waals surface area contributed by atoms with Crippen LogP contribution in [0.15, 0.2) is 4.79 Å². The number of H-pyrrole nitrogens is 1. The number of hydrogen-bond acceptors (Lipinski definition) is 7. The monoisotopic (exact) mass is 325 g/mol. The number of rotatable bonds is 2. The zero-order valence-corrected chi connectivity index (χ0v) is 13.7. The van der Waals surface area contributed by atoms with Gasteiger partial charge in [-0.05, 0) is 27.2 Å². The fourth-order valence-electron chi connectivity index (χ4n) is 2.41. The molecular weight excluding hydrogens is 302 g/mol. The highest BCUT2D eigenvalue weighted by Crippen LogP contribution is 2.30. The summed E-state index contributed by atoms with van der Waals surface area (Å²) in [4.78, 5) is 32.4. The Labute approximate surface area is 133 Å². The van der Waals surface area contributed by atoms with E-state index in [1.54, 1.807) is 27.7 Å². The average Bonchev–Trinajstić information content (AvgIpc) is 2.43. The maximum atomic E-state index is 12.6. The number of nitrogens with zero attached hydrogens (tertiary/aromatic N) is 2. The van der Waals surface area contributed by atoms with Crippen LogP contribution in [0.2, 0.25) is 0 Å². The van der Waals surface area contributed by atoms with Crippen molar-refractivity contribution in [3.63, 3.8) is 0 Å². The maximum absolute atomic E-state index is 12.6. The van der Waals surface area contributed by atoms with Gasteiger partial charge in [-0.15, -0.1) is 0 Å². The number of aliphatic hydroxyl groups excluding tert-OH is 1. The Morgan fingerprint density at radius 3 is 2.78 bits per heavy atom. The molecule has 9 heteroatoms. The van der Waals surface area contributed by atoms with E-state index in [1.807, 2.05) is 0 Å². The van der Waals surface area contributed by atoms with Crippen LogP contribution in [0.25, 0.3) is 0 Å². The molecule has 128 valence electrons. The van der Waals surface area contributed by atoms with Gasteiger partial charge in [0, 0.05) is 6.54 Å². The van der Waals surface area contributed by atoms with Crippen molar-refractivity contribution in [3.05, 3.63) is 10.4 Å². The van der Waals surface area contributed by atoms with E-state index in [0.29, 0.717) is 6.42 Å². The lowest BCUT2D eigenvalue weighted by molar-refractivity contribution is 0.0510. The van der Waals surface area contributed by atoms with Gasteiger partial charge < -0.3 is 20.9 Å². The Kier molecular flexibility index (Phi) is 4.51. The van der Waals surface area contributed by atoms with Crippen molar-refractivity contribution >= 4 is 23.5 Å². The number of carbonyl (C=O) groups is 1. The summed E-state index contributed by atoms with van der Waals surface area (Å²) in [5, 5.41) is 13.2. The van der Waals surface area contributed by atoms with E-state index in [9.17, 15) is 14.7 Å². The van der Waals surface area contributed by atoms with Crippen molar-refractivity contribution in [1.29, 1.82) is 0 Å². The Bertz CT molecular complexity index is 652. The molecule has 0 aromatic carbocycles. The molecular formula is C14H23N5O4. The third-order valence-corrected chi connectivity index (χ3v) is 3.42. The molecule has 2 rings (SSSR count). The number of aromatic nitrogens is 2. The topological polar surface area (TPSA) is 134 Å². The Hall–Kier alpha value is -2.29. The number of ether oxygens (including phenoxy) is 1. The van der Waals surface area contributed by atoms with E-state index in [0.717, 1.165) is 4.90 Å². The first-order chi connectivity index (χ1) is 10.6. The van der Waals surface area contributed by atoms with Crippen LogP contribution >= 0.6 is 0 Å². The van der Waals surface area contributed by atoms with E-state index in [1.165, 1.54) is 0 Å². The van der Waals surface area contributed by atoms with Gasteiger partial charge in [0.15, 0.2) is 11.5 Å². The highest BCUT2D eigenvalue weighted by molar-refractivity contribution is 5.93. The summed E-state index contributed by atoms with van der Waals surface area (Å²) >= 11 is 0. The molecule has 1 aliphatic rings. The lowest BCUT2D eigenvalue weighted by Gasteiger charge is -2.39. The van der Waals surface area contributed by atoms with Gasteiger partial charge in [0.05, 0.1) is 12.1 Å². The minimum absolute atomic E-state index is 0.00259. The zero-order valence-electron chi connectivity index (χ0n) is 13.7. The fraction of sp³-hybridized carbons (Fsp3) is 0.643. The summed E-state index contributed by atoms with van der Waals surface area (Å²) in [6.07, 6.45) is -1.11. The molecule has 2 unspecified atom stereocenters. The van der Waals surface area contributed by atoms with Crippen LogP contribution in [-0.2, 0) is 4.74 Å². The molecule has 0 radical (unpaired) electrons. The summed E-state index contributed by atoms with van der Waals surface area (Å²) in [6, 6.07) is -0.645. The largest absolute Gasteiger partial charge is 0.443 e. The van der Waals surface area contributed by atoms with Gasteiger partial charge in [-0.2, -0.15) is 4.98 Å². The van der Waals surface area contributed by atoms with Crippen molar-refractivity contribution in [2.45, 2.75) is 51.9 Å². The number of hydrogen-bond donors (Lipinski definition) is 4. The summed E-state index contributed by atoms with van der Waals surface area (Å²) in [5.74, 6) is 0.136. The van der Waals surface area contributed by atoms with Gasteiger partial charge in [0.1, 0.15) is 5.60 Å².